The summed E-state index contributed by atoms with van der Waals surface area (Å²) in [5.74, 6) is -0.00344. The van der Waals surface area contributed by atoms with Crippen LogP contribution in [0.5, 0.6) is 0 Å². The van der Waals surface area contributed by atoms with E-state index in [4.69, 9.17) is 0 Å². The number of aliphatic hydroxyl groups excluding tert-OH is 1. The van der Waals surface area contributed by atoms with Gasteiger partial charge in [-0.25, -0.2) is 0 Å². The van der Waals surface area contributed by atoms with Gasteiger partial charge in [0.05, 0.1) is 12.5 Å². The monoisotopic (exact) mass is 334 g/mol. The van der Waals surface area contributed by atoms with Gasteiger partial charge in [0.15, 0.2) is 0 Å². The van der Waals surface area contributed by atoms with Gasteiger partial charge in [-0.05, 0) is 30.0 Å². The molecule has 1 aromatic heterocycles. The van der Waals surface area contributed by atoms with Crippen LogP contribution in [0.1, 0.15) is 30.1 Å². The van der Waals surface area contributed by atoms with Gasteiger partial charge in [-0.2, -0.15) is 0 Å². The minimum Gasteiger partial charge on any atom is -0.388 e. The number of benzene rings is 2. The summed E-state index contributed by atoms with van der Waals surface area (Å²) >= 11 is 0. The van der Waals surface area contributed by atoms with Gasteiger partial charge >= 0.3 is 0 Å². The van der Waals surface area contributed by atoms with Crippen LogP contribution in [-0.4, -0.2) is 22.5 Å². The molecule has 0 radical (unpaired) electrons. The van der Waals surface area contributed by atoms with Crippen LogP contribution in [0.25, 0.3) is 10.9 Å². The molecule has 2 aromatic carbocycles. The highest BCUT2D eigenvalue weighted by Crippen LogP contribution is 2.54. The molecule has 4 heteroatoms. The van der Waals surface area contributed by atoms with Crippen molar-refractivity contribution in [2.75, 3.05) is 6.54 Å². The Balaban J connectivity index is 1.39. The summed E-state index contributed by atoms with van der Waals surface area (Å²) in [7, 11) is 0. The van der Waals surface area contributed by atoms with Gasteiger partial charge in [0.25, 0.3) is 0 Å². The zero-order chi connectivity index (χ0) is 17.3. The maximum Gasteiger partial charge on any atom is 0.224 e. The molecule has 3 N–H and O–H groups in total. The van der Waals surface area contributed by atoms with Crippen molar-refractivity contribution in [1.29, 1.82) is 0 Å². The molecule has 4 nitrogen and oxygen atoms in total. The number of aromatic nitrogens is 1. The molecule has 1 atom stereocenters. The van der Waals surface area contributed by atoms with Crippen molar-refractivity contribution >= 4 is 16.8 Å². The fourth-order valence-electron chi connectivity index (χ4n) is 3.48. The number of hydrogen-bond donors (Lipinski definition) is 3. The number of H-pyrrole nitrogens is 1. The Labute approximate surface area is 146 Å². The first-order chi connectivity index (χ1) is 12.2. The Hall–Kier alpha value is -2.59. The predicted molar refractivity (Wildman–Crippen MR) is 98.1 cm³/mol. The van der Waals surface area contributed by atoms with E-state index < -0.39 is 6.10 Å². The smallest absolute Gasteiger partial charge is 0.224 e. The van der Waals surface area contributed by atoms with Gasteiger partial charge in [0.2, 0.25) is 5.91 Å². The van der Waals surface area contributed by atoms with Gasteiger partial charge in [0.1, 0.15) is 0 Å². The third kappa shape index (κ3) is 3.17. The SMILES string of the molecule is O=C(Cc1c[nH]c2ccccc12)NCC1([C@@H](O)c2ccccc2)CC1. The molecule has 128 valence electrons. The highest BCUT2D eigenvalue weighted by atomic mass is 16.3. The summed E-state index contributed by atoms with van der Waals surface area (Å²) in [6, 6.07) is 17.7. The van der Waals surface area contributed by atoms with E-state index >= 15 is 0 Å². The van der Waals surface area contributed by atoms with Crippen LogP contribution in [-0.2, 0) is 11.2 Å². The number of para-hydroxylation sites is 1. The van der Waals surface area contributed by atoms with Crippen LogP contribution < -0.4 is 5.32 Å². The fraction of sp³-hybridized carbons (Fsp3) is 0.286. The molecular weight excluding hydrogens is 312 g/mol. The van der Waals surface area contributed by atoms with E-state index in [2.05, 4.69) is 10.3 Å². The second-order valence-corrected chi connectivity index (χ2v) is 6.99. The van der Waals surface area contributed by atoms with Crippen molar-refractivity contribution in [3.8, 4) is 0 Å². The lowest BCUT2D eigenvalue weighted by Crippen LogP contribution is -2.34. The van der Waals surface area contributed by atoms with Crippen molar-refractivity contribution in [3.63, 3.8) is 0 Å². The largest absolute Gasteiger partial charge is 0.388 e. The van der Waals surface area contributed by atoms with E-state index in [0.29, 0.717) is 13.0 Å². The molecule has 0 saturated heterocycles. The van der Waals surface area contributed by atoms with E-state index in [1.165, 1.54) is 0 Å². The summed E-state index contributed by atoms with van der Waals surface area (Å²) in [6.45, 7) is 0.518. The summed E-state index contributed by atoms with van der Waals surface area (Å²) in [5, 5.41) is 14.8. The molecule has 1 heterocycles. The van der Waals surface area contributed by atoms with Crippen molar-refractivity contribution in [1.82, 2.24) is 10.3 Å². The molecule has 0 bridgehead atoms. The third-order valence-electron chi connectivity index (χ3n) is 5.25. The second kappa shape index (κ2) is 6.37. The van der Waals surface area contributed by atoms with Crippen molar-refractivity contribution in [2.24, 2.45) is 5.41 Å². The molecule has 0 unspecified atom stereocenters. The van der Waals surface area contributed by atoms with Gasteiger partial charge in [-0.3, -0.25) is 4.79 Å². The first-order valence-electron chi connectivity index (χ1n) is 8.73. The zero-order valence-electron chi connectivity index (χ0n) is 14.0. The van der Waals surface area contributed by atoms with Gasteiger partial charge < -0.3 is 15.4 Å². The standard InChI is InChI=1S/C21H22N2O2/c24-19(12-16-13-22-18-9-5-4-8-17(16)18)23-14-21(10-11-21)20(25)15-6-2-1-3-7-15/h1-9,13,20,22,25H,10-12,14H2,(H,23,24)/t20-/m0/s1. The molecule has 25 heavy (non-hydrogen) atoms. The van der Waals surface area contributed by atoms with Crippen LogP contribution in [0.2, 0.25) is 0 Å². The Morgan fingerprint density at radius 3 is 2.60 bits per heavy atom. The predicted octanol–water partition coefficient (Wildman–Crippen LogP) is 3.34. The molecule has 1 aliphatic rings. The van der Waals surface area contributed by atoms with E-state index in [-0.39, 0.29) is 11.3 Å². The molecule has 0 spiro atoms. The number of carbonyl (C=O) groups is 1. The minimum atomic E-state index is -0.526. The van der Waals surface area contributed by atoms with Crippen LogP contribution in [0.15, 0.2) is 60.8 Å². The minimum absolute atomic E-state index is 0.00344. The number of fused-ring (bicyclic) bond motifs is 1. The summed E-state index contributed by atoms with van der Waals surface area (Å²) < 4.78 is 0. The lowest BCUT2D eigenvalue weighted by molar-refractivity contribution is -0.120. The summed E-state index contributed by atoms with van der Waals surface area (Å²) in [6.07, 6.45) is 3.60. The normalized spacial score (nSPS) is 16.5. The average Bonchev–Trinajstić information content (AvgIpc) is 3.35. The third-order valence-corrected chi connectivity index (χ3v) is 5.25. The average molecular weight is 334 g/mol. The molecule has 0 aliphatic heterocycles. The summed E-state index contributed by atoms with van der Waals surface area (Å²) in [4.78, 5) is 15.6. The maximum atomic E-state index is 12.4. The molecule has 3 aromatic rings. The highest BCUT2D eigenvalue weighted by Gasteiger charge is 2.49. The first kappa shape index (κ1) is 15.9. The number of aliphatic hydroxyl groups is 1. The zero-order valence-corrected chi connectivity index (χ0v) is 14.0. The first-order valence-corrected chi connectivity index (χ1v) is 8.73. The van der Waals surface area contributed by atoms with Crippen molar-refractivity contribution in [3.05, 3.63) is 71.9 Å². The Morgan fingerprint density at radius 2 is 1.84 bits per heavy atom. The van der Waals surface area contributed by atoms with Crippen LogP contribution in [0, 0.1) is 5.41 Å². The molecule has 4 rings (SSSR count). The Morgan fingerprint density at radius 1 is 1.12 bits per heavy atom. The lowest BCUT2D eigenvalue weighted by Gasteiger charge is -2.23. The summed E-state index contributed by atoms with van der Waals surface area (Å²) in [5.41, 5.74) is 2.76. The number of nitrogens with one attached hydrogen (secondary N) is 2. The lowest BCUT2D eigenvalue weighted by atomic mass is 9.92. The molecule has 1 amide bonds. The topological polar surface area (TPSA) is 65.1 Å². The fourth-order valence-corrected chi connectivity index (χ4v) is 3.48. The van der Waals surface area contributed by atoms with E-state index in [9.17, 15) is 9.90 Å². The molecule has 1 aliphatic carbocycles. The van der Waals surface area contributed by atoms with Crippen LogP contribution >= 0.6 is 0 Å². The number of hydrogen-bond acceptors (Lipinski definition) is 2. The number of amides is 1. The van der Waals surface area contributed by atoms with Gasteiger partial charge in [0, 0.05) is 29.1 Å². The number of carbonyl (C=O) groups excluding carboxylic acids is 1. The van der Waals surface area contributed by atoms with Crippen LogP contribution in [0.4, 0.5) is 0 Å². The van der Waals surface area contributed by atoms with Crippen molar-refractivity contribution in [2.45, 2.75) is 25.4 Å². The van der Waals surface area contributed by atoms with Gasteiger partial charge in [-0.1, -0.05) is 48.5 Å². The molecular formula is C21H22N2O2. The van der Waals surface area contributed by atoms with Crippen molar-refractivity contribution < 1.29 is 9.90 Å². The quantitative estimate of drug-likeness (QED) is 0.647. The second-order valence-electron chi connectivity index (χ2n) is 6.99. The highest BCUT2D eigenvalue weighted by molar-refractivity contribution is 5.88. The Kier molecular flexibility index (Phi) is 4.06. The molecule has 1 fully saturated rings. The number of rotatable bonds is 6. The maximum absolute atomic E-state index is 12.4. The van der Waals surface area contributed by atoms with E-state index in [0.717, 1.165) is 34.9 Å². The van der Waals surface area contributed by atoms with E-state index in [1.54, 1.807) is 0 Å². The van der Waals surface area contributed by atoms with Gasteiger partial charge in [-0.15, -0.1) is 0 Å². The molecule has 1 saturated carbocycles. The van der Waals surface area contributed by atoms with Crippen LogP contribution in [0.3, 0.4) is 0 Å². The Bertz CT molecular complexity index is 881. The van der Waals surface area contributed by atoms with E-state index in [1.807, 2.05) is 60.8 Å². The number of aromatic amines is 1.